The van der Waals surface area contributed by atoms with E-state index in [1.54, 1.807) is 31.4 Å². The first-order chi connectivity index (χ1) is 12.6. The lowest BCUT2D eigenvalue weighted by molar-refractivity contribution is -0.139. The van der Waals surface area contributed by atoms with E-state index in [2.05, 4.69) is 5.32 Å². The maximum absolute atomic E-state index is 12.7. The summed E-state index contributed by atoms with van der Waals surface area (Å²) in [5.74, 6) is -0.836. The standard InChI is InChI=1S/C20H21NO5/c1-25-15-6-2-4-13(10-15)11-18(20(23)24)21-19(22)16-7-3-5-14-8-9-26-12-17(14)16/h2-7,10,18H,8-9,11-12H2,1H3,(H,21,22)(H,23,24). The Bertz CT molecular complexity index is 818. The van der Waals surface area contributed by atoms with Crippen molar-refractivity contribution >= 4 is 11.9 Å². The van der Waals surface area contributed by atoms with Crippen LogP contribution in [0.3, 0.4) is 0 Å². The first kappa shape index (κ1) is 17.9. The summed E-state index contributed by atoms with van der Waals surface area (Å²) < 4.78 is 10.6. The number of carboxylic acid groups (broad SMARTS) is 1. The van der Waals surface area contributed by atoms with E-state index in [0.717, 1.165) is 23.1 Å². The Labute approximate surface area is 151 Å². The molecule has 1 heterocycles. The van der Waals surface area contributed by atoms with E-state index < -0.39 is 17.9 Å². The average molecular weight is 355 g/mol. The van der Waals surface area contributed by atoms with Crippen LogP contribution in [0.4, 0.5) is 0 Å². The van der Waals surface area contributed by atoms with Crippen LogP contribution in [0, 0.1) is 0 Å². The van der Waals surface area contributed by atoms with Crippen molar-refractivity contribution in [2.24, 2.45) is 0 Å². The molecule has 1 atom stereocenters. The summed E-state index contributed by atoms with van der Waals surface area (Å²) in [7, 11) is 1.55. The molecule has 3 rings (SSSR count). The van der Waals surface area contributed by atoms with Gasteiger partial charge in [-0.1, -0.05) is 24.3 Å². The van der Waals surface area contributed by atoms with Gasteiger partial charge in [0.05, 0.1) is 20.3 Å². The summed E-state index contributed by atoms with van der Waals surface area (Å²) in [6, 6.07) is 11.6. The number of hydrogen-bond donors (Lipinski definition) is 2. The number of carboxylic acids is 1. The van der Waals surface area contributed by atoms with Crippen molar-refractivity contribution in [3.05, 3.63) is 64.7 Å². The second-order valence-electron chi connectivity index (χ2n) is 6.17. The first-order valence-corrected chi connectivity index (χ1v) is 8.43. The topological polar surface area (TPSA) is 84.9 Å². The van der Waals surface area contributed by atoms with Crippen LogP contribution in [0.15, 0.2) is 42.5 Å². The zero-order valence-corrected chi connectivity index (χ0v) is 14.5. The van der Waals surface area contributed by atoms with Gasteiger partial charge in [0, 0.05) is 12.0 Å². The van der Waals surface area contributed by atoms with Gasteiger partial charge in [-0.3, -0.25) is 4.79 Å². The largest absolute Gasteiger partial charge is 0.497 e. The predicted molar refractivity (Wildman–Crippen MR) is 95.4 cm³/mol. The molecule has 0 aliphatic carbocycles. The number of fused-ring (bicyclic) bond motifs is 1. The van der Waals surface area contributed by atoms with E-state index in [9.17, 15) is 14.7 Å². The summed E-state index contributed by atoms with van der Waals surface area (Å²) in [5, 5.41) is 12.2. The molecule has 6 heteroatoms. The van der Waals surface area contributed by atoms with Crippen LogP contribution in [-0.2, 0) is 29.0 Å². The van der Waals surface area contributed by atoms with Gasteiger partial charge in [0.1, 0.15) is 11.8 Å². The van der Waals surface area contributed by atoms with E-state index in [1.165, 1.54) is 0 Å². The molecule has 2 aromatic rings. The van der Waals surface area contributed by atoms with E-state index in [0.29, 0.717) is 24.5 Å². The van der Waals surface area contributed by atoms with Crippen LogP contribution in [0.25, 0.3) is 0 Å². The van der Waals surface area contributed by atoms with Gasteiger partial charge >= 0.3 is 5.97 Å². The smallest absolute Gasteiger partial charge is 0.326 e. The first-order valence-electron chi connectivity index (χ1n) is 8.43. The molecule has 26 heavy (non-hydrogen) atoms. The number of aliphatic carboxylic acids is 1. The molecule has 0 fully saturated rings. The van der Waals surface area contributed by atoms with Gasteiger partial charge in [0.25, 0.3) is 5.91 Å². The Morgan fingerprint density at radius 1 is 1.27 bits per heavy atom. The predicted octanol–water partition coefficient (Wildman–Crippen LogP) is 2.19. The molecule has 0 radical (unpaired) electrons. The second kappa shape index (κ2) is 8.01. The molecule has 0 aromatic heterocycles. The fourth-order valence-electron chi connectivity index (χ4n) is 3.08. The third kappa shape index (κ3) is 4.03. The number of nitrogens with one attached hydrogen (secondary N) is 1. The third-order valence-electron chi connectivity index (χ3n) is 4.46. The monoisotopic (exact) mass is 355 g/mol. The Morgan fingerprint density at radius 3 is 2.85 bits per heavy atom. The minimum atomic E-state index is -1.08. The van der Waals surface area contributed by atoms with Crippen molar-refractivity contribution in [3.8, 4) is 5.75 Å². The van der Waals surface area contributed by atoms with Gasteiger partial charge in [-0.15, -0.1) is 0 Å². The molecule has 0 saturated heterocycles. The summed E-state index contributed by atoms with van der Waals surface area (Å²) in [5.41, 5.74) is 3.15. The van der Waals surface area contributed by atoms with Gasteiger partial charge < -0.3 is 19.9 Å². The minimum absolute atomic E-state index is 0.170. The molecule has 1 unspecified atom stereocenters. The lowest BCUT2D eigenvalue weighted by atomic mass is 9.97. The molecular formula is C20H21NO5. The number of carbonyl (C=O) groups excluding carboxylic acids is 1. The van der Waals surface area contributed by atoms with Crippen LogP contribution >= 0.6 is 0 Å². The lowest BCUT2D eigenvalue weighted by Gasteiger charge is -2.21. The van der Waals surface area contributed by atoms with Gasteiger partial charge in [-0.25, -0.2) is 4.79 Å². The third-order valence-corrected chi connectivity index (χ3v) is 4.46. The van der Waals surface area contributed by atoms with Crippen molar-refractivity contribution in [1.82, 2.24) is 5.32 Å². The van der Waals surface area contributed by atoms with Gasteiger partial charge in [-0.2, -0.15) is 0 Å². The Kier molecular flexibility index (Phi) is 5.53. The summed E-state index contributed by atoms with van der Waals surface area (Å²) in [6.07, 6.45) is 0.923. The number of carbonyl (C=O) groups is 2. The van der Waals surface area contributed by atoms with E-state index in [4.69, 9.17) is 9.47 Å². The maximum Gasteiger partial charge on any atom is 0.326 e. The van der Waals surface area contributed by atoms with Crippen LogP contribution < -0.4 is 10.1 Å². The van der Waals surface area contributed by atoms with Crippen LogP contribution in [0.2, 0.25) is 0 Å². The highest BCUT2D eigenvalue weighted by atomic mass is 16.5. The number of benzene rings is 2. The molecule has 1 amide bonds. The minimum Gasteiger partial charge on any atom is -0.497 e. The number of methoxy groups -OCH3 is 1. The van der Waals surface area contributed by atoms with Crippen LogP contribution in [0.5, 0.6) is 5.75 Å². The fourth-order valence-corrected chi connectivity index (χ4v) is 3.08. The van der Waals surface area contributed by atoms with E-state index in [-0.39, 0.29) is 6.42 Å². The lowest BCUT2D eigenvalue weighted by Crippen LogP contribution is -2.42. The molecular weight excluding hydrogens is 334 g/mol. The zero-order chi connectivity index (χ0) is 18.5. The van der Waals surface area contributed by atoms with Crippen LogP contribution in [-0.4, -0.2) is 36.7 Å². The summed E-state index contributed by atoms with van der Waals surface area (Å²) in [4.78, 5) is 24.3. The highest BCUT2D eigenvalue weighted by Crippen LogP contribution is 2.21. The second-order valence-corrected chi connectivity index (χ2v) is 6.17. The van der Waals surface area contributed by atoms with Crippen LogP contribution in [0.1, 0.15) is 27.0 Å². The highest BCUT2D eigenvalue weighted by molar-refractivity contribution is 5.98. The molecule has 2 aromatic carbocycles. The maximum atomic E-state index is 12.7. The Morgan fingerprint density at radius 2 is 2.08 bits per heavy atom. The van der Waals surface area contributed by atoms with Crippen molar-refractivity contribution in [1.29, 1.82) is 0 Å². The average Bonchev–Trinajstić information content (AvgIpc) is 2.67. The number of amides is 1. The van der Waals surface area contributed by atoms with Gasteiger partial charge in [-0.05, 0) is 41.3 Å². The van der Waals surface area contributed by atoms with Crippen molar-refractivity contribution in [2.75, 3.05) is 13.7 Å². The van der Waals surface area contributed by atoms with Gasteiger partial charge in [0.15, 0.2) is 0 Å². The number of rotatable bonds is 6. The molecule has 0 saturated carbocycles. The fraction of sp³-hybridized carbons (Fsp3) is 0.300. The normalized spacial score (nSPS) is 14.2. The molecule has 1 aliphatic heterocycles. The molecule has 136 valence electrons. The summed E-state index contributed by atoms with van der Waals surface area (Å²) >= 11 is 0. The van der Waals surface area contributed by atoms with E-state index >= 15 is 0 Å². The molecule has 6 nitrogen and oxygen atoms in total. The SMILES string of the molecule is COc1cccc(CC(NC(=O)c2cccc3c2COCC3)C(=O)O)c1. The van der Waals surface area contributed by atoms with Crippen molar-refractivity contribution in [3.63, 3.8) is 0 Å². The van der Waals surface area contributed by atoms with E-state index in [1.807, 2.05) is 18.2 Å². The molecule has 0 bridgehead atoms. The zero-order valence-electron chi connectivity index (χ0n) is 14.5. The molecule has 1 aliphatic rings. The van der Waals surface area contributed by atoms with Crippen molar-refractivity contribution < 1.29 is 24.2 Å². The molecule has 0 spiro atoms. The summed E-state index contributed by atoms with van der Waals surface area (Å²) in [6.45, 7) is 0.998. The highest BCUT2D eigenvalue weighted by Gasteiger charge is 2.24. The Hall–Kier alpha value is -2.86. The van der Waals surface area contributed by atoms with Crippen molar-refractivity contribution in [2.45, 2.75) is 25.5 Å². The number of ether oxygens (including phenoxy) is 2. The quantitative estimate of drug-likeness (QED) is 0.830. The Balaban J connectivity index is 1.78. The molecule has 2 N–H and O–H groups in total. The number of hydrogen-bond acceptors (Lipinski definition) is 4. The van der Waals surface area contributed by atoms with Gasteiger partial charge in [0.2, 0.25) is 0 Å².